The van der Waals surface area contributed by atoms with Crippen LogP contribution >= 0.6 is 11.6 Å². The van der Waals surface area contributed by atoms with Gasteiger partial charge in [0.05, 0.1) is 16.3 Å². The molecule has 0 aliphatic carbocycles. The van der Waals surface area contributed by atoms with E-state index in [4.69, 9.17) is 11.6 Å². The molecule has 9 nitrogen and oxygen atoms in total. The first kappa shape index (κ1) is 17.1. The van der Waals surface area contributed by atoms with E-state index < -0.39 is 11.8 Å². The second-order valence-electron chi connectivity index (χ2n) is 6.00. The Kier molecular flexibility index (Phi) is 4.08. The molecule has 27 heavy (non-hydrogen) atoms. The van der Waals surface area contributed by atoms with Gasteiger partial charge in [0.15, 0.2) is 0 Å². The van der Waals surface area contributed by atoms with Crippen molar-refractivity contribution in [3.05, 3.63) is 46.6 Å². The zero-order valence-electron chi connectivity index (χ0n) is 14.4. The van der Waals surface area contributed by atoms with Gasteiger partial charge in [-0.25, -0.2) is 0 Å². The maximum absolute atomic E-state index is 12.6. The van der Waals surface area contributed by atoms with E-state index in [9.17, 15) is 9.59 Å². The molecule has 136 valence electrons. The maximum atomic E-state index is 12.6. The Hall–Kier alpha value is -3.33. The van der Waals surface area contributed by atoms with Gasteiger partial charge in [0.2, 0.25) is 0 Å². The minimum atomic E-state index is -0.587. The van der Waals surface area contributed by atoms with Crippen LogP contribution in [0, 0.1) is 12.8 Å². The molecule has 2 aromatic rings. The van der Waals surface area contributed by atoms with E-state index in [2.05, 4.69) is 25.5 Å². The summed E-state index contributed by atoms with van der Waals surface area (Å²) in [6.45, 7) is 1.76. The molecule has 0 fully saturated rings. The number of hydrogen-bond acceptors (Lipinski definition) is 6. The third-order valence-electron chi connectivity index (χ3n) is 4.07. The highest BCUT2D eigenvalue weighted by Crippen LogP contribution is 2.21. The van der Waals surface area contributed by atoms with Crippen LogP contribution in [0.15, 0.2) is 45.4 Å². The van der Waals surface area contributed by atoms with E-state index in [1.165, 1.54) is 15.9 Å². The van der Waals surface area contributed by atoms with Crippen LogP contribution in [0.3, 0.4) is 0 Å². The van der Waals surface area contributed by atoms with Crippen LogP contribution in [0.25, 0.3) is 0 Å². The summed E-state index contributed by atoms with van der Waals surface area (Å²) in [7, 11) is 1.69. The van der Waals surface area contributed by atoms with Gasteiger partial charge in [0, 0.05) is 19.3 Å². The van der Waals surface area contributed by atoms with E-state index in [1.54, 1.807) is 44.3 Å². The number of aryl methyl sites for hydroxylation is 1. The summed E-state index contributed by atoms with van der Waals surface area (Å²) in [5, 5.41) is 12.9. The van der Waals surface area contributed by atoms with Crippen molar-refractivity contribution < 1.29 is 9.59 Å². The van der Waals surface area contributed by atoms with Crippen LogP contribution in [0.5, 0.6) is 0 Å². The summed E-state index contributed by atoms with van der Waals surface area (Å²) >= 11 is 6.08. The summed E-state index contributed by atoms with van der Waals surface area (Å²) < 4.78 is 1.32. The van der Waals surface area contributed by atoms with E-state index >= 15 is 0 Å². The number of amidine groups is 1. The quantitative estimate of drug-likeness (QED) is 0.853. The minimum Gasteiger partial charge on any atom is -0.306 e. The number of hydrogen-bond donors (Lipinski definition) is 1. The van der Waals surface area contributed by atoms with Crippen molar-refractivity contribution in [1.82, 2.24) is 14.8 Å². The molecule has 0 spiro atoms. The van der Waals surface area contributed by atoms with Gasteiger partial charge in [-0.05, 0) is 19.1 Å². The van der Waals surface area contributed by atoms with E-state index in [0.29, 0.717) is 27.9 Å². The van der Waals surface area contributed by atoms with Crippen LogP contribution in [0.4, 0.5) is 5.82 Å². The van der Waals surface area contributed by atoms with Crippen LogP contribution in [-0.4, -0.2) is 51.7 Å². The summed E-state index contributed by atoms with van der Waals surface area (Å²) in [6.07, 6.45) is 1.50. The number of rotatable bonds is 2. The second kappa shape index (κ2) is 6.44. The lowest BCUT2D eigenvalue weighted by Crippen LogP contribution is -2.35. The molecule has 1 unspecified atom stereocenters. The van der Waals surface area contributed by atoms with Gasteiger partial charge in [0.1, 0.15) is 17.6 Å². The Morgan fingerprint density at radius 2 is 2.04 bits per heavy atom. The Balaban J connectivity index is 1.68. The van der Waals surface area contributed by atoms with Crippen molar-refractivity contribution in [2.24, 2.45) is 21.0 Å². The Labute approximate surface area is 159 Å². The number of fused-ring (bicyclic) bond motifs is 1. The predicted molar refractivity (Wildman–Crippen MR) is 101 cm³/mol. The number of amides is 2. The van der Waals surface area contributed by atoms with Crippen LogP contribution in [0.2, 0.25) is 5.02 Å². The van der Waals surface area contributed by atoms with Crippen molar-refractivity contribution in [3.63, 3.8) is 0 Å². The third-order valence-corrected chi connectivity index (χ3v) is 4.40. The van der Waals surface area contributed by atoms with Gasteiger partial charge in [-0.15, -0.1) is 0 Å². The molecular formula is C17H14ClN7O2. The fourth-order valence-electron chi connectivity index (χ4n) is 2.77. The number of carbonyl (C=O) groups excluding carboxylic acids is 2. The van der Waals surface area contributed by atoms with Gasteiger partial charge in [-0.2, -0.15) is 24.9 Å². The van der Waals surface area contributed by atoms with Gasteiger partial charge in [0.25, 0.3) is 17.8 Å². The van der Waals surface area contributed by atoms with Crippen molar-refractivity contribution >= 4 is 47.2 Å². The number of nitrogens with zero attached hydrogens (tertiary/aromatic N) is 6. The molecule has 4 rings (SSSR count). The normalized spacial score (nSPS) is 18.3. The standard InChI is InChI=1S/C17H14ClN7O2/c1-9-7-13(20-15(26)10-5-3-4-6-12(10)18)25(23-9)17-21-14-11(16(27)22-17)8-19-24(14)2/h3-8,11H,1-2H3,(H,20,26). The first-order valence-corrected chi connectivity index (χ1v) is 8.43. The Bertz CT molecular complexity index is 1050. The largest absolute Gasteiger partial charge is 0.306 e. The maximum Gasteiger partial charge on any atom is 0.265 e. The molecule has 1 aromatic heterocycles. The van der Waals surface area contributed by atoms with Crippen molar-refractivity contribution in [2.45, 2.75) is 6.92 Å². The number of nitrogens with one attached hydrogen (secondary N) is 1. The predicted octanol–water partition coefficient (Wildman–Crippen LogP) is 1.79. The SMILES string of the molecule is Cc1cc(NC(=O)c2ccccc2Cl)n(C2=NC(=O)C3C=NN(C)C3=N2)n1. The number of aromatic nitrogens is 2. The number of halogens is 1. The minimum absolute atomic E-state index is 0.0613. The van der Waals surface area contributed by atoms with E-state index in [1.807, 2.05) is 0 Å². The molecule has 0 radical (unpaired) electrons. The highest BCUT2D eigenvalue weighted by atomic mass is 35.5. The summed E-state index contributed by atoms with van der Waals surface area (Å²) in [5.41, 5.74) is 0.944. The Morgan fingerprint density at radius 1 is 1.26 bits per heavy atom. The lowest BCUT2D eigenvalue weighted by Gasteiger charge is -2.17. The number of aliphatic imine (C=N–C) groups is 2. The molecule has 3 heterocycles. The third kappa shape index (κ3) is 3.02. The number of benzene rings is 1. The van der Waals surface area contributed by atoms with Crippen LogP contribution in [0.1, 0.15) is 16.1 Å². The molecule has 10 heteroatoms. The number of anilines is 1. The summed E-state index contributed by atoms with van der Waals surface area (Å²) in [5.74, 6) is -0.534. The topological polar surface area (TPSA) is 104 Å². The van der Waals surface area contributed by atoms with E-state index in [-0.39, 0.29) is 11.9 Å². The molecular weight excluding hydrogens is 370 g/mol. The smallest absolute Gasteiger partial charge is 0.265 e. The van der Waals surface area contributed by atoms with Crippen molar-refractivity contribution in [1.29, 1.82) is 0 Å². The van der Waals surface area contributed by atoms with Gasteiger partial charge < -0.3 is 5.32 Å². The van der Waals surface area contributed by atoms with E-state index in [0.717, 1.165) is 0 Å². The molecule has 1 N–H and O–H groups in total. The first-order chi connectivity index (χ1) is 12.9. The molecule has 0 saturated heterocycles. The fourth-order valence-corrected chi connectivity index (χ4v) is 2.99. The van der Waals surface area contributed by atoms with Crippen molar-refractivity contribution in [3.8, 4) is 0 Å². The molecule has 2 aliphatic rings. The monoisotopic (exact) mass is 383 g/mol. The zero-order chi connectivity index (χ0) is 19.1. The Morgan fingerprint density at radius 3 is 2.81 bits per heavy atom. The number of hydrazone groups is 1. The van der Waals surface area contributed by atoms with Crippen molar-refractivity contribution in [2.75, 3.05) is 12.4 Å². The molecule has 1 atom stereocenters. The first-order valence-electron chi connectivity index (χ1n) is 8.06. The highest BCUT2D eigenvalue weighted by molar-refractivity contribution is 6.34. The number of carbonyl (C=O) groups is 2. The fraction of sp³-hybridized carbons (Fsp3) is 0.176. The average molecular weight is 384 g/mol. The van der Waals surface area contributed by atoms with Gasteiger partial charge in [-0.3, -0.25) is 14.6 Å². The highest BCUT2D eigenvalue weighted by Gasteiger charge is 2.35. The van der Waals surface area contributed by atoms with Gasteiger partial charge in [-0.1, -0.05) is 23.7 Å². The molecule has 1 aromatic carbocycles. The molecule has 0 saturated carbocycles. The summed E-state index contributed by atoms with van der Waals surface area (Å²) in [6, 6.07) is 8.36. The zero-order valence-corrected chi connectivity index (χ0v) is 15.2. The average Bonchev–Trinajstić information content (AvgIpc) is 3.18. The van der Waals surface area contributed by atoms with Crippen LogP contribution in [-0.2, 0) is 4.79 Å². The van der Waals surface area contributed by atoms with Crippen LogP contribution < -0.4 is 5.32 Å². The second-order valence-corrected chi connectivity index (χ2v) is 6.41. The molecule has 2 amide bonds. The molecule has 0 bridgehead atoms. The summed E-state index contributed by atoms with van der Waals surface area (Å²) in [4.78, 5) is 33.2. The molecule has 2 aliphatic heterocycles. The lowest BCUT2D eigenvalue weighted by atomic mass is 10.1. The van der Waals surface area contributed by atoms with Gasteiger partial charge >= 0.3 is 0 Å². The lowest BCUT2D eigenvalue weighted by molar-refractivity contribution is -0.118.